The van der Waals surface area contributed by atoms with Crippen LogP contribution < -0.4 is 0 Å². The third-order valence-electron chi connectivity index (χ3n) is 3.64. The maximum Gasteiger partial charge on any atom is 0.256 e. The Kier molecular flexibility index (Phi) is 2.62. The van der Waals surface area contributed by atoms with E-state index in [-0.39, 0.29) is 23.5 Å². The van der Waals surface area contributed by atoms with Crippen LogP contribution in [-0.2, 0) is 14.3 Å². The predicted molar refractivity (Wildman–Crippen MR) is 58.7 cm³/mol. The van der Waals surface area contributed by atoms with Gasteiger partial charge >= 0.3 is 0 Å². The van der Waals surface area contributed by atoms with Crippen molar-refractivity contribution in [2.45, 2.75) is 45.3 Å². The lowest BCUT2D eigenvalue weighted by Crippen LogP contribution is -2.36. The molecule has 0 spiro atoms. The Balaban J connectivity index is 1.99. The van der Waals surface area contributed by atoms with Gasteiger partial charge in [-0.05, 0) is 19.8 Å². The summed E-state index contributed by atoms with van der Waals surface area (Å²) in [5, 5.41) is 0. The summed E-state index contributed by atoms with van der Waals surface area (Å²) >= 11 is 0. The van der Waals surface area contributed by atoms with Crippen LogP contribution >= 0.6 is 0 Å². The highest BCUT2D eigenvalue weighted by Gasteiger charge is 2.54. The van der Waals surface area contributed by atoms with Crippen LogP contribution in [0.25, 0.3) is 0 Å². The van der Waals surface area contributed by atoms with Gasteiger partial charge in [0.1, 0.15) is 6.10 Å². The summed E-state index contributed by atoms with van der Waals surface area (Å²) < 4.78 is 5.63. The predicted octanol–water partition coefficient (Wildman–Crippen LogP) is 1.26. The monoisotopic (exact) mass is 223 g/mol. The number of epoxide rings is 1. The molecule has 0 radical (unpaired) electrons. The van der Waals surface area contributed by atoms with Gasteiger partial charge in [-0.25, -0.2) is 0 Å². The van der Waals surface area contributed by atoms with Crippen molar-refractivity contribution in [2.75, 3.05) is 6.54 Å². The Morgan fingerprint density at radius 3 is 2.38 bits per heavy atom. The van der Waals surface area contributed by atoms with Crippen LogP contribution in [0.5, 0.6) is 0 Å². The number of carbonyl (C=O) groups is 2. The number of carbonyl (C=O) groups excluding carboxylic acids is 2. The molecule has 2 heterocycles. The van der Waals surface area contributed by atoms with Crippen LogP contribution in [0, 0.1) is 0 Å². The van der Waals surface area contributed by atoms with Crippen molar-refractivity contribution in [3.05, 3.63) is 11.6 Å². The molecule has 0 aromatic heterocycles. The van der Waals surface area contributed by atoms with Gasteiger partial charge < -0.3 is 4.74 Å². The maximum atomic E-state index is 11.6. The molecule has 0 aromatic rings. The summed E-state index contributed by atoms with van der Waals surface area (Å²) in [4.78, 5) is 24.5. The highest BCUT2D eigenvalue weighted by Crippen LogP contribution is 2.43. The summed E-state index contributed by atoms with van der Waals surface area (Å²) in [6.07, 6.45) is 3.27. The topological polar surface area (TPSA) is 49.9 Å². The molecule has 2 rings (SSSR count). The first kappa shape index (κ1) is 11.3. The van der Waals surface area contributed by atoms with Crippen LogP contribution in [0.4, 0.5) is 0 Å². The van der Waals surface area contributed by atoms with Crippen molar-refractivity contribution >= 4 is 11.8 Å². The Morgan fingerprint density at radius 1 is 1.38 bits per heavy atom. The number of amides is 2. The highest BCUT2D eigenvalue weighted by molar-refractivity contribution is 6.15. The number of rotatable bonds is 4. The van der Waals surface area contributed by atoms with Crippen LogP contribution in [0.3, 0.4) is 0 Å². The average Bonchev–Trinajstić information content (AvgIpc) is 2.92. The van der Waals surface area contributed by atoms with Gasteiger partial charge in [0.2, 0.25) is 0 Å². The summed E-state index contributed by atoms with van der Waals surface area (Å²) in [7, 11) is 0. The molecule has 16 heavy (non-hydrogen) atoms. The minimum atomic E-state index is -0.209. The molecule has 4 nitrogen and oxygen atoms in total. The fraction of sp³-hybridized carbons (Fsp3) is 0.667. The quantitative estimate of drug-likeness (QED) is 0.532. The summed E-state index contributed by atoms with van der Waals surface area (Å²) in [6, 6.07) is 0. The third kappa shape index (κ3) is 1.57. The Bertz CT molecular complexity index is 368. The number of ether oxygens (including phenoxy) is 1. The van der Waals surface area contributed by atoms with Crippen LogP contribution in [0.1, 0.15) is 33.6 Å². The van der Waals surface area contributed by atoms with Crippen LogP contribution in [0.2, 0.25) is 0 Å². The maximum absolute atomic E-state index is 11.6. The number of imide groups is 1. The van der Waals surface area contributed by atoms with Crippen molar-refractivity contribution < 1.29 is 14.3 Å². The molecule has 0 aromatic carbocycles. The SMILES string of the molecule is CCC1(CC)OC1CN1C(=O)C=C(C)C1=O. The highest BCUT2D eigenvalue weighted by atomic mass is 16.6. The van der Waals surface area contributed by atoms with Gasteiger partial charge in [0.25, 0.3) is 11.8 Å². The van der Waals surface area contributed by atoms with E-state index in [0.29, 0.717) is 12.1 Å². The van der Waals surface area contributed by atoms with E-state index in [2.05, 4.69) is 13.8 Å². The van der Waals surface area contributed by atoms with E-state index in [1.807, 2.05) is 0 Å². The smallest absolute Gasteiger partial charge is 0.256 e. The minimum absolute atomic E-state index is 0.0229. The minimum Gasteiger partial charge on any atom is -0.364 e. The van der Waals surface area contributed by atoms with Gasteiger partial charge in [0.15, 0.2) is 0 Å². The molecule has 0 bridgehead atoms. The fourth-order valence-corrected chi connectivity index (χ4v) is 2.30. The van der Waals surface area contributed by atoms with Crippen molar-refractivity contribution in [1.82, 2.24) is 4.90 Å². The summed E-state index contributed by atoms with van der Waals surface area (Å²) in [5.41, 5.74) is 0.418. The molecule has 2 aliphatic heterocycles. The zero-order chi connectivity index (χ0) is 11.9. The lowest BCUT2D eigenvalue weighted by molar-refractivity contribution is -0.137. The Morgan fingerprint density at radius 2 is 2.00 bits per heavy atom. The van der Waals surface area contributed by atoms with E-state index in [1.165, 1.54) is 11.0 Å². The van der Waals surface area contributed by atoms with E-state index >= 15 is 0 Å². The molecule has 2 aliphatic rings. The molecule has 88 valence electrons. The van der Waals surface area contributed by atoms with E-state index < -0.39 is 0 Å². The normalized spacial score (nSPS) is 27.3. The molecular weight excluding hydrogens is 206 g/mol. The zero-order valence-corrected chi connectivity index (χ0v) is 9.95. The van der Waals surface area contributed by atoms with Crippen molar-refractivity contribution in [3.63, 3.8) is 0 Å². The Labute approximate surface area is 95.2 Å². The Hall–Kier alpha value is -1.16. The van der Waals surface area contributed by atoms with Gasteiger partial charge in [-0.1, -0.05) is 13.8 Å². The lowest BCUT2D eigenvalue weighted by atomic mass is 9.99. The summed E-state index contributed by atoms with van der Waals surface area (Å²) in [5.74, 6) is -0.388. The van der Waals surface area contributed by atoms with Gasteiger partial charge in [0, 0.05) is 11.6 Å². The molecule has 1 saturated heterocycles. The first-order chi connectivity index (χ1) is 7.54. The number of hydrogen-bond donors (Lipinski definition) is 0. The van der Waals surface area contributed by atoms with Crippen molar-refractivity contribution in [2.24, 2.45) is 0 Å². The molecule has 4 heteroatoms. The molecular formula is C12H17NO3. The standard InChI is InChI=1S/C12H17NO3/c1-4-12(5-2)9(16-12)7-13-10(14)6-8(3)11(13)15/h6,9H,4-5,7H2,1-3H3. The second kappa shape index (κ2) is 3.70. The molecule has 0 N–H and O–H groups in total. The van der Waals surface area contributed by atoms with Crippen LogP contribution in [-0.4, -0.2) is 35.0 Å². The average molecular weight is 223 g/mol. The van der Waals surface area contributed by atoms with Crippen molar-refractivity contribution in [3.8, 4) is 0 Å². The first-order valence-electron chi connectivity index (χ1n) is 5.76. The lowest BCUT2D eigenvalue weighted by Gasteiger charge is -2.14. The second-order valence-corrected chi connectivity index (χ2v) is 4.46. The van der Waals surface area contributed by atoms with Gasteiger partial charge in [-0.3, -0.25) is 14.5 Å². The number of nitrogens with zero attached hydrogens (tertiary/aromatic N) is 1. The second-order valence-electron chi connectivity index (χ2n) is 4.46. The molecule has 2 amide bonds. The van der Waals surface area contributed by atoms with Gasteiger partial charge in [0.05, 0.1) is 12.1 Å². The van der Waals surface area contributed by atoms with Crippen LogP contribution in [0.15, 0.2) is 11.6 Å². The number of hydrogen-bond acceptors (Lipinski definition) is 3. The first-order valence-corrected chi connectivity index (χ1v) is 5.76. The van der Waals surface area contributed by atoms with Gasteiger partial charge in [-0.2, -0.15) is 0 Å². The molecule has 1 atom stereocenters. The van der Waals surface area contributed by atoms with Gasteiger partial charge in [-0.15, -0.1) is 0 Å². The van der Waals surface area contributed by atoms with E-state index in [1.54, 1.807) is 6.92 Å². The summed E-state index contributed by atoms with van der Waals surface area (Å²) in [6.45, 7) is 6.20. The molecule has 0 saturated carbocycles. The van der Waals surface area contributed by atoms with Crippen molar-refractivity contribution in [1.29, 1.82) is 0 Å². The molecule has 1 fully saturated rings. The van der Waals surface area contributed by atoms with E-state index in [0.717, 1.165) is 12.8 Å². The third-order valence-corrected chi connectivity index (χ3v) is 3.64. The zero-order valence-electron chi connectivity index (χ0n) is 9.95. The fourth-order valence-electron chi connectivity index (χ4n) is 2.30. The molecule has 0 aliphatic carbocycles. The largest absolute Gasteiger partial charge is 0.364 e. The van der Waals surface area contributed by atoms with E-state index in [9.17, 15) is 9.59 Å². The van der Waals surface area contributed by atoms with E-state index in [4.69, 9.17) is 4.74 Å². The molecule has 1 unspecified atom stereocenters.